The van der Waals surface area contributed by atoms with Crippen molar-refractivity contribution in [1.82, 2.24) is 10.2 Å². The maximum Gasteiger partial charge on any atom is 0.243 e. The highest BCUT2D eigenvalue weighted by Gasteiger charge is 2.20. The van der Waals surface area contributed by atoms with E-state index in [1.165, 1.54) is 13.0 Å². The number of hydrogen-bond donors (Lipinski definition) is 1. The van der Waals surface area contributed by atoms with E-state index in [0.717, 1.165) is 13.0 Å². The molecule has 0 aromatic heterocycles. The lowest BCUT2D eigenvalue weighted by molar-refractivity contribution is -0.125. The molecule has 1 aliphatic heterocycles. The van der Waals surface area contributed by atoms with Crippen LogP contribution in [0.5, 0.6) is 0 Å². The van der Waals surface area contributed by atoms with Gasteiger partial charge in [-0.2, -0.15) is 0 Å². The average Bonchev–Trinajstić information content (AvgIpc) is 2.73. The molecule has 0 unspecified atom stereocenters. The first kappa shape index (κ1) is 18.1. The lowest BCUT2D eigenvalue weighted by Gasteiger charge is -2.23. The summed E-state index contributed by atoms with van der Waals surface area (Å²) >= 11 is 0. The van der Waals surface area contributed by atoms with Crippen molar-refractivity contribution in [2.24, 2.45) is 0 Å². The molecule has 0 atom stereocenters. The molecule has 1 fully saturated rings. The minimum atomic E-state index is -0.475. The van der Waals surface area contributed by atoms with Gasteiger partial charge in [0, 0.05) is 24.9 Å². The summed E-state index contributed by atoms with van der Waals surface area (Å²) in [5.74, 6) is 0.0191. The quantitative estimate of drug-likeness (QED) is 0.781. The van der Waals surface area contributed by atoms with Crippen molar-refractivity contribution in [3.05, 3.63) is 25.4 Å². The van der Waals surface area contributed by atoms with E-state index in [2.05, 4.69) is 18.5 Å². The van der Waals surface area contributed by atoms with Crippen LogP contribution in [0.25, 0.3) is 0 Å². The Kier molecular flexibility index (Phi) is 7.51. The standard InChI is InChI=1S/C9H15NO2.C6H9NO/c1-5-8(12)10-9(3,4)6-7(2)11;1-2-7-5-3-4-6(7)8/h5H,1,6H2,2-4H3,(H,10,12);2H,1,3-5H2. The van der Waals surface area contributed by atoms with Gasteiger partial charge in [-0.25, -0.2) is 0 Å². The summed E-state index contributed by atoms with van der Waals surface area (Å²) in [5.41, 5.74) is -0.475. The smallest absolute Gasteiger partial charge is 0.243 e. The van der Waals surface area contributed by atoms with Crippen molar-refractivity contribution in [2.75, 3.05) is 6.54 Å². The first-order valence-corrected chi connectivity index (χ1v) is 6.58. The predicted octanol–water partition coefficient (Wildman–Crippen LogP) is 1.80. The number of rotatable bonds is 5. The van der Waals surface area contributed by atoms with Crippen molar-refractivity contribution in [3.8, 4) is 0 Å². The van der Waals surface area contributed by atoms with Gasteiger partial charge in [-0.3, -0.25) is 14.4 Å². The lowest BCUT2D eigenvalue weighted by Crippen LogP contribution is -2.43. The summed E-state index contributed by atoms with van der Waals surface area (Å²) in [5, 5.41) is 2.66. The van der Waals surface area contributed by atoms with E-state index in [0.29, 0.717) is 12.8 Å². The van der Waals surface area contributed by atoms with Crippen LogP contribution in [-0.4, -0.2) is 34.6 Å². The van der Waals surface area contributed by atoms with Crippen LogP contribution in [0.15, 0.2) is 25.4 Å². The molecule has 0 aliphatic carbocycles. The number of nitrogens with one attached hydrogen (secondary N) is 1. The number of carbonyl (C=O) groups is 3. The zero-order chi connectivity index (χ0) is 15.8. The molecule has 1 N–H and O–H groups in total. The summed E-state index contributed by atoms with van der Waals surface area (Å²) in [6, 6.07) is 0. The number of amides is 2. The highest BCUT2D eigenvalue weighted by molar-refractivity contribution is 5.88. The number of Topliss-reactive ketones (excluding diaryl/α,β-unsaturated/α-hetero) is 1. The molecule has 1 heterocycles. The number of carbonyl (C=O) groups excluding carboxylic acids is 3. The molecule has 0 aromatic carbocycles. The Balaban J connectivity index is 0.000000388. The third kappa shape index (κ3) is 7.51. The van der Waals surface area contributed by atoms with Gasteiger partial charge in [-0.15, -0.1) is 0 Å². The summed E-state index contributed by atoms with van der Waals surface area (Å²) < 4.78 is 0. The second-order valence-corrected chi connectivity index (χ2v) is 5.33. The van der Waals surface area contributed by atoms with E-state index in [1.807, 2.05) is 0 Å². The summed E-state index contributed by atoms with van der Waals surface area (Å²) in [6.45, 7) is 12.8. The Morgan fingerprint density at radius 3 is 2.30 bits per heavy atom. The van der Waals surface area contributed by atoms with E-state index >= 15 is 0 Å². The largest absolute Gasteiger partial charge is 0.347 e. The predicted molar refractivity (Wildman–Crippen MR) is 78.9 cm³/mol. The number of likely N-dealkylation sites (tertiary alicyclic amines) is 1. The van der Waals surface area contributed by atoms with Gasteiger partial charge in [0.2, 0.25) is 11.8 Å². The zero-order valence-corrected chi connectivity index (χ0v) is 12.6. The Hall–Kier alpha value is -1.91. The second kappa shape index (κ2) is 8.30. The summed E-state index contributed by atoms with van der Waals surface area (Å²) in [6.07, 6.45) is 4.82. The number of hydrogen-bond acceptors (Lipinski definition) is 3. The molecule has 112 valence electrons. The molecule has 1 rings (SSSR count). The van der Waals surface area contributed by atoms with E-state index in [4.69, 9.17) is 0 Å². The van der Waals surface area contributed by atoms with E-state index < -0.39 is 5.54 Å². The molecule has 0 aromatic rings. The van der Waals surface area contributed by atoms with Crippen LogP contribution in [0.4, 0.5) is 0 Å². The minimum absolute atomic E-state index is 0.0596. The molecule has 2 amide bonds. The van der Waals surface area contributed by atoms with Crippen LogP contribution in [0.2, 0.25) is 0 Å². The minimum Gasteiger partial charge on any atom is -0.347 e. The summed E-state index contributed by atoms with van der Waals surface area (Å²) in [7, 11) is 0. The number of ketones is 1. The van der Waals surface area contributed by atoms with E-state index in [-0.39, 0.29) is 17.6 Å². The lowest BCUT2D eigenvalue weighted by atomic mass is 9.98. The maximum atomic E-state index is 10.9. The highest BCUT2D eigenvalue weighted by Crippen LogP contribution is 2.08. The highest BCUT2D eigenvalue weighted by atomic mass is 16.2. The molecular formula is C15H24N2O3. The first-order valence-electron chi connectivity index (χ1n) is 6.58. The van der Waals surface area contributed by atoms with Crippen LogP contribution < -0.4 is 5.32 Å². The molecule has 0 bridgehead atoms. The van der Waals surface area contributed by atoms with Gasteiger partial charge in [-0.05, 0) is 39.5 Å². The molecule has 5 heteroatoms. The fourth-order valence-electron chi connectivity index (χ4n) is 1.91. The van der Waals surface area contributed by atoms with Crippen LogP contribution in [0.1, 0.15) is 40.0 Å². The van der Waals surface area contributed by atoms with E-state index in [9.17, 15) is 14.4 Å². The maximum absolute atomic E-state index is 10.9. The van der Waals surface area contributed by atoms with Gasteiger partial charge in [0.05, 0.1) is 0 Å². The first-order chi connectivity index (χ1) is 9.21. The molecule has 20 heavy (non-hydrogen) atoms. The van der Waals surface area contributed by atoms with Gasteiger partial charge in [0.1, 0.15) is 5.78 Å². The third-order valence-electron chi connectivity index (χ3n) is 2.67. The molecule has 1 saturated heterocycles. The van der Waals surface area contributed by atoms with Gasteiger partial charge in [0.15, 0.2) is 0 Å². The van der Waals surface area contributed by atoms with Crippen LogP contribution >= 0.6 is 0 Å². The summed E-state index contributed by atoms with van der Waals surface area (Å²) in [4.78, 5) is 33.9. The zero-order valence-electron chi connectivity index (χ0n) is 12.6. The van der Waals surface area contributed by atoms with Crippen LogP contribution in [0, 0.1) is 0 Å². The Morgan fingerprint density at radius 2 is 2.00 bits per heavy atom. The fraction of sp³-hybridized carbons (Fsp3) is 0.533. The fourth-order valence-corrected chi connectivity index (χ4v) is 1.91. The number of nitrogens with zero attached hydrogens (tertiary/aromatic N) is 1. The van der Waals surface area contributed by atoms with Gasteiger partial charge in [-0.1, -0.05) is 13.2 Å². The Morgan fingerprint density at radius 1 is 1.40 bits per heavy atom. The molecule has 0 spiro atoms. The van der Waals surface area contributed by atoms with Gasteiger partial charge < -0.3 is 10.2 Å². The van der Waals surface area contributed by atoms with Crippen molar-refractivity contribution in [2.45, 2.75) is 45.6 Å². The van der Waals surface area contributed by atoms with Crippen molar-refractivity contribution in [1.29, 1.82) is 0 Å². The average molecular weight is 280 g/mol. The SMILES string of the molecule is C=CC(=O)NC(C)(C)CC(C)=O.C=CN1CCCC1=O. The normalized spacial score (nSPS) is 14.2. The Bertz CT molecular complexity index is 400. The van der Waals surface area contributed by atoms with Gasteiger partial charge >= 0.3 is 0 Å². The van der Waals surface area contributed by atoms with Crippen molar-refractivity contribution >= 4 is 17.6 Å². The van der Waals surface area contributed by atoms with Crippen molar-refractivity contribution < 1.29 is 14.4 Å². The molecule has 0 radical (unpaired) electrons. The Labute approximate surface area is 120 Å². The second-order valence-electron chi connectivity index (χ2n) is 5.33. The molecule has 5 nitrogen and oxygen atoms in total. The van der Waals surface area contributed by atoms with E-state index in [1.54, 1.807) is 24.9 Å². The van der Waals surface area contributed by atoms with Gasteiger partial charge in [0.25, 0.3) is 0 Å². The van der Waals surface area contributed by atoms with Crippen LogP contribution in [-0.2, 0) is 14.4 Å². The molecule has 0 saturated carbocycles. The van der Waals surface area contributed by atoms with Crippen molar-refractivity contribution in [3.63, 3.8) is 0 Å². The third-order valence-corrected chi connectivity index (χ3v) is 2.67. The topological polar surface area (TPSA) is 66.5 Å². The molecule has 1 aliphatic rings. The molecular weight excluding hydrogens is 256 g/mol. The van der Waals surface area contributed by atoms with Crippen LogP contribution in [0.3, 0.4) is 0 Å². The monoisotopic (exact) mass is 280 g/mol.